The van der Waals surface area contributed by atoms with Crippen LogP contribution in [0.4, 0.5) is 0 Å². The van der Waals surface area contributed by atoms with Gasteiger partial charge in [0.15, 0.2) is 5.78 Å². The first kappa shape index (κ1) is 28.3. The molecule has 0 bridgehead atoms. The van der Waals surface area contributed by atoms with Crippen molar-refractivity contribution in [1.29, 1.82) is 0 Å². The highest BCUT2D eigenvalue weighted by Gasteiger charge is 2.13. The van der Waals surface area contributed by atoms with Crippen molar-refractivity contribution in [2.24, 2.45) is 0 Å². The van der Waals surface area contributed by atoms with E-state index in [0.717, 1.165) is 24.7 Å². The molecule has 0 aliphatic heterocycles. The minimum absolute atomic E-state index is 0.00905. The fourth-order valence-corrected chi connectivity index (χ4v) is 3.91. The SMILES string of the molecule is CCCCCCCCCCCC(=O)c1cncc(CNCC(=O)NC(C=O)Cc2ccccc2)n1. The second-order valence-corrected chi connectivity index (χ2v) is 9.00. The number of benzene rings is 1. The van der Waals surface area contributed by atoms with Crippen molar-refractivity contribution in [3.05, 3.63) is 59.7 Å². The average Bonchev–Trinajstić information content (AvgIpc) is 2.88. The van der Waals surface area contributed by atoms with Gasteiger partial charge in [0, 0.05) is 19.2 Å². The number of nitrogens with one attached hydrogen (secondary N) is 2. The van der Waals surface area contributed by atoms with Crippen molar-refractivity contribution < 1.29 is 14.4 Å². The number of rotatable bonds is 19. The van der Waals surface area contributed by atoms with Gasteiger partial charge in [0.05, 0.1) is 24.5 Å². The molecule has 0 spiro atoms. The Labute approximate surface area is 209 Å². The molecule has 2 rings (SSSR count). The van der Waals surface area contributed by atoms with Crippen LogP contribution >= 0.6 is 0 Å². The molecule has 7 nitrogen and oxygen atoms in total. The van der Waals surface area contributed by atoms with Crippen molar-refractivity contribution in [2.45, 2.75) is 90.1 Å². The van der Waals surface area contributed by atoms with Crippen molar-refractivity contribution in [3.63, 3.8) is 0 Å². The normalized spacial score (nSPS) is 11.7. The number of unbranched alkanes of at least 4 members (excludes halogenated alkanes) is 8. The summed E-state index contributed by atoms with van der Waals surface area (Å²) in [4.78, 5) is 44.5. The fraction of sp³-hybridized carbons (Fsp3) is 0.536. The second kappa shape index (κ2) is 17.5. The Kier molecular flexibility index (Phi) is 14.2. The molecule has 0 saturated heterocycles. The molecule has 0 radical (unpaired) electrons. The molecule has 7 heteroatoms. The average molecular weight is 481 g/mol. The van der Waals surface area contributed by atoms with Crippen LogP contribution in [-0.2, 0) is 22.6 Å². The van der Waals surface area contributed by atoms with E-state index >= 15 is 0 Å². The second-order valence-electron chi connectivity index (χ2n) is 9.00. The molecule has 0 saturated carbocycles. The number of ketones is 1. The molecule has 1 aromatic heterocycles. The number of hydrogen-bond acceptors (Lipinski definition) is 6. The van der Waals surface area contributed by atoms with E-state index in [4.69, 9.17) is 0 Å². The van der Waals surface area contributed by atoms with Crippen LogP contribution in [-0.4, -0.2) is 40.5 Å². The first-order valence-electron chi connectivity index (χ1n) is 13.0. The largest absolute Gasteiger partial charge is 0.345 e. The van der Waals surface area contributed by atoms with E-state index in [9.17, 15) is 14.4 Å². The van der Waals surface area contributed by atoms with Crippen LogP contribution in [0.3, 0.4) is 0 Å². The van der Waals surface area contributed by atoms with Crippen LogP contribution in [0.2, 0.25) is 0 Å². The molecule has 35 heavy (non-hydrogen) atoms. The summed E-state index contributed by atoms with van der Waals surface area (Å²) < 4.78 is 0. The third-order valence-corrected chi connectivity index (χ3v) is 5.88. The van der Waals surface area contributed by atoms with E-state index in [1.165, 1.54) is 51.1 Å². The molecule has 1 aromatic carbocycles. The molecule has 1 atom stereocenters. The van der Waals surface area contributed by atoms with Crippen LogP contribution in [0.25, 0.3) is 0 Å². The molecule has 190 valence electrons. The van der Waals surface area contributed by atoms with Crippen LogP contribution < -0.4 is 10.6 Å². The lowest BCUT2D eigenvalue weighted by molar-refractivity contribution is -0.123. The monoisotopic (exact) mass is 480 g/mol. The third-order valence-electron chi connectivity index (χ3n) is 5.88. The lowest BCUT2D eigenvalue weighted by Gasteiger charge is -2.13. The molecule has 0 fully saturated rings. The van der Waals surface area contributed by atoms with Gasteiger partial charge in [-0.3, -0.25) is 14.6 Å². The predicted molar refractivity (Wildman–Crippen MR) is 138 cm³/mol. The standard InChI is InChI=1S/C28H40N4O3/c1-2-3-4-5-6-7-8-9-13-16-27(34)26-20-29-18-25(31-26)19-30-21-28(35)32-24(22-33)17-23-14-11-10-12-15-23/h10-12,14-15,18,20,22,24,30H,2-9,13,16-17,19,21H2,1H3,(H,32,35). The highest BCUT2D eigenvalue weighted by molar-refractivity contribution is 5.93. The van der Waals surface area contributed by atoms with Crippen LogP contribution in [0.15, 0.2) is 42.7 Å². The number of hydrogen-bond donors (Lipinski definition) is 2. The molecule has 2 aromatic rings. The van der Waals surface area contributed by atoms with Crippen molar-refractivity contribution in [2.75, 3.05) is 6.54 Å². The highest BCUT2D eigenvalue weighted by atomic mass is 16.2. The lowest BCUT2D eigenvalue weighted by atomic mass is 10.0. The maximum absolute atomic E-state index is 12.5. The Hall–Kier alpha value is -2.93. The summed E-state index contributed by atoms with van der Waals surface area (Å²) in [6.45, 7) is 2.58. The summed E-state index contributed by atoms with van der Waals surface area (Å²) in [7, 11) is 0. The minimum Gasteiger partial charge on any atom is -0.345 e. The zero-order valence-corrected chi connectivity index (χ0v) is 21.0. The zero-order valence-electron chi connectivity index (χ0n) is 21.0. The van der Waals surface area contributed by atoms with Gasteiger partial charge in [0.25, 0.3) is 0 Å². The lowest BCUT2D eigenvalue weighted by Crippen LogP contribution is -2.42. The summed E-state index contributed by atoms with van der Waals surface area (Å²) in [5.74, 6) is -0.265. The van der Waals surface area contributed by atoms with Crippen molar-refractivity contribution >= 4 is 18.0 Å². The predicted octanol–water partition coefficient (Wildman–Crippen LogP) is 4.60. The van der Waals surface area contributed by atoms with E-state index < -0.39 is 6.04 Å². The van der Waals surface area contributed by atoms with E-state index in [2.05, 4.69) is 27.5 Å². The Morgan fingerprint density at radius 3 is 2.31 bits per heavy atom. The maximum atomic E-state index is 12.5. The minimum atomic E-state index is -0.575. The Balaban J connectivity index is 1.64. The Bertz CT molecular complexity index is 889. The van der Waals surface area contributed by atoms with E-state index in [-0.39, 0.29) is 18.2 Å². The van der Waals surface area contributed by atoms with E-state index in [1.54, 1.807) is 6.20 Å². The summed E-state index contributed by atoms with van der Waals surface area (Å²) in [6, 6.07) is 8.97. The highest BCUT2D eigenvalue weighted by Crippen LogP contribution is 2.12. The smallest absolute Gasteiger partial charge is 0.234 e. The van der Waals surface area contributed by atoms with Gasteiger partial charge in [-0.15, -0.1) is 0 Å². The number of Topliss-reactive ketones (excluding diaryl/α,β-unsaturated/α-hetero) is 1. The number of aldehydes is 1. The third kappa shape index (κ3) is 12.4. The van der Waals surface area contributed by atoms with Gasteiger partial charge in [-0.25, -0.2) is 4.98 Å². The molecular weight excluding hydrogens is 440 g/mol. The first-order valence-corrected chi connectivity index (χ1v) is 13.0. The number of carbonyl (C=O) groups excluding carboxylic acids is 3. The summed E-state index contributed by atoms with van der Waals surface area (Å²) in [5, 5.41) is 5.73. The molecule has 1 heterocycles. The maximum Gasteiger partial charge on any atom is 0.234 e. The van der Waals surface area contributed by atoms with Gasteiger partial charge in [-0.05, 0) is 18.4 Å². The quantitative estimate of drug-likeness (QED) is 0.173. The molecule has 2 N–H and O–H groups in total. The first-order chi connectivity index (χ1) is 17.1. The summed E-state index contributed by atoms with van der Waals surface area (Å²) >= 11 is 0. The van der Waals surface area contributed by atoms with Crippen LogP contribution in [0.1, 0.15) is 92.9 Å². The molecule has 1 amide bonds. The Morgan fingerprint density at radius 1 is 0.943 bits per heavy atom. The van der Waals surface area contributed by atoms with Gasteiger partial charge in [-0.2, -0.15) is 0 Å². The number of nitrogens with zero attached hydrogens (tertiary/aromatic N) is 2. The van der Waals surface area contributed by atoms with Gasteiger partial charge >= 0.3 is 0 Å². The topological polar surface area (TPSA) is 101 Å². The number of carbonyl (C=O) groups is 3. The summed E-state index contributed by atoms with van der Waals surface area (Å²) in [5.41, 5.74) is 1.96. The van der Waals surface area contributed by atoms with Crippen molar-refractivity contribution in [3.8, 4) is 0 Å². The molecule has 0 aliphatic rings. The van der Waals surface area contributed by atoms with Gasteiger partial charge in [0.1, 0.15) is 12.0 Å². The number of aromatic nitrogens is 2. The molecular formula is C28H40N4O3. The number of amides is 1. The van der Waals surface area contributed by atoms with Gasteiger partial charge in [-0.1, -0.05) is 88.6 Å². The van der Waals surface area contributed by atoms with E-state index in [1.807, 2.05) is 30.3 Å². The Morgan fingerprint density at radius 2 is 1.63 bits per heavy atom. The van der Waals surface area contributed by atoms with Crippen LogP contribution in [0.5, 0.6) is 0 Å². The van der Waals surface area contributed by atoms with Crippen molar-refractivity contribution in [1.82, 2.24) is 20.6 Å². The molecule has 1 unspecified atom stereocenters. The van der Waals surface area contributed by atoms with Gasteiger partial charge < -0.3 is 15.4 Å². The van der Waals surface area contributed by atoms with Gasteiger partial charge in [0.2, 0.25) is 5.91 Å². The summed E-state index contributed by atoms with van der Waals surface area (Å²) in [6.07, 6.45) is 15.7. The molecule has 0 aliphatic carbocycles. The van der Waals surface area contributed by atoms with E-state index in [0.29, 0.717) is 30.8 Å². The zero-order chi connectivity index (χ0) is 25.1. The van der Waals surface area contributed by atoms with Crippen LogP contribution in [0, 0.1) is 0 Å². The fourth-order valence-electron chi connectivity index (χ4n) is 3.91.